The number of likely N-dealkylation sites (tertiary alicyclic amines) is 1. The minimum absolute atomic E-state index is 0.138. The van der Waals surface area contributed by atoms with Crippen molar-refractivity contribution < 1.29 is 9.59 Å². The molecule has 1 saturated heterocycles. The van der Waals surface area contributed by atoms with Crippen molar-refractivity contribution in [3.63, 3.8) is 0 Å². The number of nitrogens with one attached hydrogen (secondary N) is 2. The Morgan fingerprint density at radius 3 is 2.26 bits per heavy atom. The van der Waals surface area contributed by atoms with Crippen LogP contribution < -0.4 is 10.7 Å². The molecule has 23 heavy (non-hydrogen) atoms. The zero-order valence-electron chi connectivity index (χ0n) is 13.9. The highest BCUT2D eigenvalue weighted by atomic mass is 16.2. The quantitative estimate of drug-likeness (QED) is 0.837. The Kier molecular flexibility index (Phi) is 5.87. The van der Waals surface area contributed by atoms with E-state index in [-0.39, 0.29) is 11.8 Å². The number of amides is 2. The van der Waals surface area contributed by atoms with Crippen LogP contribution in [0.1, 0.15) is 44.0 Å². The molecule has 1 aromatic carbocycles. The van der Waals surface area contributed by atoms with Crippen LogP contribution in [-0.2, 0) is 4.79 Å². The molecule has 2 amide bonds. The van der Waals surface area contributed by atoms with Crippen LogP contribution in [0.15, 0.2) is 29.4 Å². The molecular formula is C17H24N4O2. The number of anilines is 1. The molecule has 0 aromatic heterocycles. The minimum Gasteiger partial charge on any atom is -0.326 e. The number of hydrogen-bond donors (Lipinski definition) is 2. The summed E-state index contributed by atoms with van der Waals surface area (Å²) < 4.78 is 0. The Hall–Kier alpha value is -2.21. The van der Waals surface area contributed by atoms with E-state index in [4.69, 9.17) is 0 Å². The molecule has 6 heteroatoms. The van der Waals surface area contributed by atoms with Crippen molar-refractivity contribution in [1.82, 2.24) is 10.3 Å². The predicted molar refractivity (Wildman–Crippen MR) is 91.6 cm³/mol. The maximum absolute atomic E-state index is 12.1. The van der Waals surface area contributed by atoms with Crippen molar-refractivity contribution in [3.05, 3.63) is 29.8 Å². The van der Waals surface area contributed by atoms with Crippen LogP contribution in [0.25, 0.3) is 0 Å². The minimum atomic E-state index is -0.238. The van der Waals surface area contributed by atoms with Crippen molar-refractivity contribution >= 4 is 23.2 Å². The first-order valence-corrected chi connectivity index (χ1v) is 7.93. The molecule has 2 rings (SSSR count). The smallest absolute Gasteiger partial charge is 0.271 e. The molecule has 1 fully saturated rings. The largest absolute Gasteiger partial charge is 0.326 e. The Labute approximate surface area is 136 Å². The lowest BCUT2D eigenvalue weighted by atomic mass is 10.1. The van der Waals surface area contributed by atoms with Gasteiger partial charge in [-0.2, -0.15) is 5.10 Å². The summed E-state index contributed by atoms with van der Waals surface area (Å²) in [5, 5.41) is 6.91. The SMILES string of the molecule is CC(=O)Nc1ccc(C(=O)NN=C2CCN(C(C)C)CC2)cc1. The van der Waals surface area contributed by atoms with Crippen LogP contribution >= 0.6 is 0 Å². The molecule has 0 radical (unpaired) electrons. The first-order valence-electron chi connectivity index (χ1n) is 7.93. The summed E-state index contributed by atoms with van der Waals surface area (Å²) in [4.78, 5) is 25.4. The van der Waals surface area contributed by atoms with Crippen LogP contribution in [0.2, 0.25) is 0 Å². The van der Waals surface area contributed by atoms with E-state index in [0.29, 0.717) is 17.3 Å². The first kappa shape index (κ1) is 17.1. The van der Waals surface area contributed by atoms with Gasteiger partial charge in [0.2, 0.25) is 5.91 Å². The molecule has 1 aliphatic rings. The maximum Gasteiger partial charge on any atom is 0.271 e. The molecule has 6 nitrogen and oxygen atoms in total. The van der Waals surface area contributed by atoms with E-state index in [9.17, 15) is 9.59 Å². The molecule has 124 valence electrons. The molecule has 2 N–H and O–H groups in total. The van der Waals surface area contributed by atoms with E-state index < -0.39 is 0 Å². The predicted octanol–water partition coefficient (Wildman–Crippen LogP) is 2.23. The Balaban J connectivity index is 1.87. The second kappa shape index (κ2) is 7.87. The summed E-state index contributed by atoms with van der Waals surface area (Å²) in [5.74, 6) is -0.375. The molecule has 1 aromatic rings. The standard InChI is InChI=1S/C17H24N4O2/c1-12(2)21-10-8-16(9-11-21)19-20-17(23)14-4-6-15(7-5-14)18-13(3)22/h4-7,12H,8-11H2,1-3H3,(H,18,22)(H,20,23). The van der Waals surface area contributed by atoms with Crippen LogP contribution in [0.3, 0.4) is 0 Å². The summed E-state index contributed by atoms with van der Waals surface area (Å²) in [6.45, 7) is 7.79. The number of piperidine rings is 1. The highest BCUT2D eigenvalue weighted by Crippen LogP contribution is 2.11. The van der Waals surface area contributed by atoms with Crippen molar-refractivity contribution in [2.24, 2.45) is 5.10 Å². The molecule has 0 atom stereocenters. The highest BCUT2D eigenvalue weighted by molar-refractivity contribution is 5.96. The number of nitrogens with zero attached hydrogens (tertiary/aromatic N) is 2. The van der Waals surface area contributed by atoms with Gasteiger partial charge in [0.15, 0.2) is 0 Å². The van der Waals surface area contributed by atoms with Gasteiger partial charge in [0.25, 0.3) is 5.91 Å². The van der Waals surface area contributed by atoms with Crippen molar-refractivity contribution in [2.75, 3.05) is 18.4 Å². The van der Waals surface area contributed by atoms with Crippen LogP contribution in [0, 0.1) is 0 Å². The fourth-order valence-corrected chi connectivity index (χ4v) is 2.51. The molecule has 1 aliphatic heterocycles. The zero-order chi connectivity index (χ0) is 16.8. The van der Waals surface area contributed by atoms with Gasteiger partial charge in [-0.15, -0.1) is 0 Å². The number of hydrazone groups is 1. The molecule has 1 heterocycles. The van der Waals surface area contributed by atoms with Gasteiger partial charge in [-0.05, 0) is 38.1 Å². The first-order chi connectivity index (χ1) is 11.0. The van der Waals surface area contributed by atoms with Crippen LogP contribution in [0.5, 0.6) is 0 Å². The molecule has 0 bridgehead atoms. The van der Waals surface area contributed by atoms with Gasteiger partial charge < -0.3 is 10.2 Å². The van der Waals surface area contributed by atoms with Crippen molar-refractivity contribution in [1.29, 1.82) is 0 Å². The van der Waals surface area contributed by atoms with Gasteiger partial charge >= 0.3 is 0 Å². The molecule has 0 saturated carbocycles. The third kappa shape index (κ3) is 5.17. The number of rotatable bonds is 4. The van der Waals surface area contributed by atoms with Crippen molar-refractivity contribution in [2.45, 2.75) is 39.7 Å². The lowest BCUT2D eigenvalue weighted by Crippen LogP contribution is -2.39. The fraction of sp³-hybridized carbons (Fsp3) is 0.471. The normalized spacial score (nSPS) is 15.4. The second-order valence-corrected chi connectivity index (χ2v) is 6.01. The molecule has 0 aliphatic carbocycles. The van der Waals surface area contributed by atoms with E-state index in [2.05, 4.69) is 34.6 Å². The average Bonchev–Trinajstić information content (AvgIpc) is 2.53. The van der Waals surface area contributed by atoms with E-state index in [1.165, 1.54) is 6.92 Å². The highest BCUT2D eigenvalue weighted by Gasteiger charge is 2.17. The zero-order valence-corrected chi connectivity index (χ0v) is 13.9. The van der Waals surface area contributed by atoms with Crippen molar-refractivity contribution in [3.8, 4) is 0 Å². The summed E-state index contributed by atoms with van der Waals surface area (Å²) in [6, 6.07) is 7.28. The van der Waals surface area contributed by atoms with Gasteiger partial charge in [-0.3, -0.25) is 9.59 Å². The lowest BCUT2D eigenvalue weighted by molar-refractivity contribution is -0.114. The molecular weight excluding hydrogens is 292 g/mol. The Morgan fingerprint density at radius 2 is 1.74 bits per heavy atom. The van der Waals surface area contributed by atoms with E-state index in [1.54, 1.807) is 24.3 Å². The van der Waals surface area contributed by atoms with Gasteiger partial charge in [0.1, 0.15) is 0 Å². The third-order valence-corrected chi connectivity index (χ3v) is 3.89. The molecule has 0 spiro atoms. The van der Waals surface area contributed by atoms with E-state index >= 15 is 0 Å². The Bertz CT molecular complexity index is 583. The van der Waals surface area contributed by atoms with Gasteiger partial charge in [-0.25, -0.2) is 5.43 Å². The number of hydrogen-bond acceptors (Lipinski definition) is 4. The summed E-state index contributed by atoms with van der Waals surface area (Å²) in [7, 11) is 0. The lowest BCUT2D eigenvalue weighted by Gasteiger charge is -2.30. The van der Waals surface area contributed by atoms with Gasteiger partial charge in [0.05, 0.1) is 0 Å². The number of carbonyl (C=O) groups is 2. The average molecular weight is 316 g/mol. The topological polar surface area (TPSA) is 73.8 Å². The van der Waals surface area contributed by atoms with Gasteiger partial charge in [-0.1, -0.05) is 0 Å². The Morgan fingerprint density at radius 1 is 1.13 bits per heavy atom. The summed E-state index contributed by atoms with van der Waals surface area (Å²) >= 11 is 0. The number of carbonyl (C=O) groups excluding carboxylic acids is 2. The van der Waals surface area contributed by atoms with Gasteiger partial charge in [0, 0.05) is 55.9 Å². The van der Waals surface area contributed by atoms with Crippen LogP contribution in [-0.4, -0.2) is 41.6 Å². The maximum atomic E-state index is 12.1. The third-order valence-electron chi connectivity index (χ3n) is 3.89. The summed E-state index contributed by atoms with van der Waals surface area (Å²) in [6.07, 6.45) is 1.78. The second-order valence-electron chi connectivity index (χ2n) is 6.01. The van der Waals surface area contributed by atoms with Crippen LogP contribution in [0.4, 0.5) is 5.69 Å². The van der Waals surface area contributed by atoms with E-state index in [0.717, 1.165) is 31.6 Å². The monoisotopic (exact) mass is 316 g/mol. The summed E-state index contributed by atoms with van der Waals surface area (Å²) in [5.41, 5.74) is 4.83. The molecule has 0 unspecified atom stereocenters. The fourth-order valence-electron chi connectivity index (χ4n) is 2.51. The number of benzene rings is 1. The van der Waals surface area contributed by atoms with E-state index in [1.807, 2.05) is 0 Å².